The van der Waals surface area contributed by atoms with Crippen LogP contribution in [0, 0.1) is 0 Å². The van der Waals surface area contributed by atoms with Crippen LogP contribution in [-0.2, 0) is 17.7 Å². The molecule has 0 unspecified atom stereocenters. The monoisotopic (exact) mass is 264 g/mol. The molecule has 2 heterocycles. The Kier molecular flexibility index (Phi) is 3.59. The summed E-state index contributed by atoms with van der Waals surface area (Å²) in [7, 11) is 0. The second-order valence-corrected chi connectivity index (χ2v) is 5.71. The molecule has 0 bridgehead atoms. The number of hydrogen-bond donors (Lipinski definition) is 1. The second kappa shape index (κ2) is 5.03. The first-order valence-electron chi connectivity index (χ1n) is 6.43. The highest BCUT2D eigenvalue weighted by atomic mass is 16.6. The molecule has 0 spiro atoms. The quantitative estimate of drug-likeness (QED) is 0.772. The van der Waals surface area contributed by atoms with Gasteiger partial charge < -0.3 is 15.4 Å². The van der Waals surface area contributed by atoms with Crippen molar-refractivity contribution in [3.63, 3.8) is 0 Å². The molecule has 6 heteroatoms. The third-order valence-corrected chi connectivity index (χ3v) is 2.83. The maximum Gasteiger partial charge on any atom is 0.410 e. The fourth-order valence-electron chi connectivity index (χ4n) is 2.01. The van der Waals surface area contributed by atoms with Crippen LogP contribution in [0.2, 0.25) is 0 Å². The number of carbonyl (C=O) groups is 1. The van der Waals surface area contributed by atoms with Crippen LogP contribution in [-0.4, -0.2) is 33.1 Å². The molecule has 0 saturated carbocycles. The minimum absolute atomic E-state index is 0.282. The first-order chi connectivity index (χ1) is 8.85. The molecule has 0 atom stereocenters. The van der Waals surface area contributed by atoms with E-state index in [0.29, 0.717) is 13.1 Å². The average molecular weight is 264 g/mol. The summed E-state index contributed by atoms with van der Waals surface area (Å²) in [5.74, 6) is 0.282. The second-order valence-electron chi connectivity index (χ2n) is 5.71. The number of rotatable bonds is 0. The Morgan fingerprint density at radius 2 is 2.21 bits per heavy atom. The Bertz CT molecular complexity index is 482. The molecule has 0 aromatic carbocycles. The molecule has 1 amide bonds. The number of fused-ring (bicyclic) bond motifs is 1. The highest BCUT2D eigenvalue weighted by Crippen LogP contribution is 2.19. The highest BCUT2D eigenvalue weighted by molar-refractivity contribution is 5.68. The number of anilines is 1. The van der Waals surface area contributed by atoms with E-state index in [0.717, 1.165) is 24.1 Å². The standard InChI is InChI=1S/C13H20N4O2/c1-13(2,3)19-12(18)17-6-4-5-10-9(8-17)7-15-11(14)16-10/h7H,4-6,8H2,1-3H3,(H2,14,15,16). The summed E-state index contributed by atoms with van der Waals surface area (Å²) in [5, 5.41) is 0. The van der Waals surface area contributed by atoms with Gasteiger partial charge in [0.05, 0.1) is 12.2 Å². The van der Waals surface area contributed by atoms with Gasteiger partial charge in [-0.15, -0.1) is 0 Å². The van der Waals surface area contributed by atoms with Crippen LogP contribution in [0.5, 0.6) is 0 Å². The van der Waals surface area contributed by atoms with Gasteiger partial charge in [-0.2, -0.15) is 0 Å². The Hall–Kier alpha value is -1.85. The van der Waals surface area contributed by atoms with E-state index in [-0.39, 0.29) is 12.0 Å². The first kappa shape index (κ1) is 13.6. The Balaban J connectivity index is 2.13. The highest BCUT2D eigenvalue weighted by Gasteiger charge is 2.25. The first-order valence-corrected chi connectivity index (χ1v) is 6.43. The number of nitrogens with zero attached hydrogens (tertiary/aromatic N) is 3. The number of aryl methyl sites for hydroxylation is 1. The molecule has 6 nitrogen and oxygen atoms in total. The minimum Gasteiger partial charge on any atom is -0.444 e. The smallest absolute Gasteiger partial charge is 0.410 e. The predicted octanol–water partition coefficient (Wildman–Crippen LogP) is 1.74. The molecule has 1 aromatic heterocycles. The summed E-state index contributed by atoms with van der Waals surface area (Å²) in [6.45, 7) is 6.72. The number of nitrogen functional groups attached to an aromatic ring is 1. The molecule has 0 aliphatic carbocycles. The summed E-state index contributed by atoms with van der Waals surface area (Å²) < 4.78 is 5.39. The van der Waals surface area contributed by atoms with Gasteiger partial charge in [0.15, 0.2) is 0 Å². The van der Waals surface area contributed by atoms with Crippen LogP contribution in [0.25, 0.3) is 0 Å². The Morgan fingerprint density at radius 3 is 2.89 bits per heavy atom. The van der Waals surface area contributed by atoms with Crippen molar-refractivity contribution in [1.82, 2.24) is 14.9 Å². The third kappa shape index (κ3) is 3.56. The van der Waals surface area contributed by atoms with Crippen molar-refractivity contribution in [2.45, 2.75) is 45.8 Å². The molecule has 1 aromatic rings. The molecule has 104 valence electrons. The normalized spacial score (nSPS) is 15.6. The fraction of sp³-hybridized carbons (Fsp3) is 0.615. The van der Waals surface area contributed by atoms with Crippen molar-refractivity contribution in [2.75, 3.05) is 12.3 Å². The van der Waals surface area contributed by atoms with Gasteiger partial charge in [-0.1, -0.05) is 0 Å². The van der Waals surface area contributed by atoms with Crippen molar-refractivity contribution in [2.24, 2.45) is 0 Å². The molecular formula is C13H20N4O2. The number of amides is 1. The van der Waals surface area contributed by atoms with Crippen molar-refractivity contribution in [3.8, 4) is 0 Å². The molecular weight excluding hydrogens is 244 g/mol. The molecule has 2 N–H and O–H groups in total. The lowest BCUT2D eigenvalue weighted by Crippen LogP contribution is -2.36. The van der Waals surface area contributed by atoms with E-state index in [2.05, 4.69) is 9.97 Å². The van der Waals surface area contributed by atoms with E-state index in [9.17, 15) is 4.79 Å². The molecule has 0 radical (unpaired) electrons. The van der Waals surface area contributed by atoms with E-state index in [1.54, 1.807) is 11.1 Å². The summed E-state index contributed by atoms with van der Waals surface area (Å²) in [6.07, 6.45) is 3.06. The molecule has 2 rings (SSSR count). The van der Waals surface area contributed by atoms with E-state index in [1.807, 2.05) is 20.8 Å². The van der Waals surface area contributed by atoms with Crippen molar-refractivity contribution < 1.29 is 9.53 Å². The van der Waals surface area contributed by atoms with Gasteiger partial charge in [-0.25, -0.2) is 14.8 Å². The average Bonchev–Trinajstić information content (AvgIpc) is 2.48. The number of nitrogens with two attached hydrogens (primary N) is 1. The number of ether oxygens (including phenoxy) is 1. The van der Waals surface area contributed by atoms with E-state index >= 15 is 0 Å². The topological polar surface area (TPSA) is 81.3 Å². The number of aromatic nitrogens is 2. The molecule has 1 aliphatic heterocycles. The largest absolute Gasteiger partial charge is 0.444 e. The third-order valence-electron chi connectivity index (χ3n) is 2.83. The van der Waals surface area contributed by atoms with Gasteiger partial charge in [-0.3, -0.25) is 0 Å². The maximum absolute atomic E-state index is 12.1. The van der Waals surface area contributed by atoms with Crippen LogP contribution >= 0.6 is 0 Å². The molecule has 1 aliphatic rings. The van der Waals surface area contributed by atoms with Crippen LogP contribution in [0.15, 0.2) is 6.20 Å². The lowest BCUT2D eigenvalue weighted by atomic mass is 10.2. The summed E-state index contributed by atoms with van der Waals surface area (Å²) in [5.41, 5.74) is 6.97. The Morgan fingerprint density at radius 1 is 1.47 bits per heavy atom. The van der Waals surface area contributed by atoms with Gasteiger partial charge in [-0.05, 0) is 33.6 Å². The molecule has 19 heavy (non-hydrogen) atoms. The lowest BCUT2D eigenvalue weighted by molar-refractivity contribution is 0.0236. The van der Waals surface area contributed by atoms with E-state index in [4.69, 9.17) is 10.5 Å². The number of carbonyl (C=O) groups excluding carboxylic acids is 1. The van der Waals surface area contributed by atoms with Crippen LogP contribution in [0.3, 0.4) is 0 Å². The summed E-state index contributed by atoms with van der Waals surface area (Å²) >= 11 is 0. The Labute approximate surface area is 113 Å². The van der Waals surface area contributed by atoms with Crippen molar-refractivity contribution in [1.29, 1.82) is 0 Å². The van der Waals surface area contributed by atoms with E-state index in [1.165, 1.54) is 0 Å². The summed E-state index contributed by atoms with van der Waals surface area (Å²) in [4.78, 5) is 22.0. The van der Waals surface area contributed by atoms with Gasteiger partial charge in [0, 0.05) is 18.3 Å². The van der Waals surface area contributed by atoms with Crippen LogP contribution in [0.1, 0.15) is 38.4 Å². The van der Waals surface area contributed by atoms with Gasteiger partial charge in [0.1, 0.15) is 5.60 Å². The van der Waals surface area contributed by atoms with Crippen LogP contribution in [0.4, 0.5) is 10.7 Å². The molecule has 0 fully saturated rings. The summed E-state index contributed by atoms with van der Waals surface area (Å²) in [6, 6.07) is 0. The van der Waals surface area contributed by atoms with Gasteiger partial charge in [0.2, 0.25) is 5.95 Å². The zero-order valence-electron chi connectivity index (χ0n) is 11.6. The van der Waals surface area contributed by atoms with Crippen LogP contribution < -0.4 is 5.73 Å². The maximum atomic E-state index is 12.1. The van der Waals surface area contributed by atoms with Crippen molar-refractivity contribution >= 4 is 12.0 Å². The number of hydrogen-bond acceptors (Lipinski definition) is 5. The predicted molar refractivity (Wildman–Crippen MR) is 71.4 cm³/mol. The zero-order chi connectivity index (χ0) is 14.0. The zero-order valence-corrected chi connectivity index (χ0v) is 11.6. The van der Waals surface area contributed by atoms with E-state index < -0.39 is 5.60 Å². The van der Waals surface area contributed by atoms with Crippen molar-refractivity contribution in [3.05, 3.63) is 17.5 Å². The SMILES string of the molecule is CC(C)(C)OC(=O)N1CCCc2nc(N)ncc2C1. The lowest BCUT2D eigenvalue weighted by Gasteiger charge is -2.26. The van der Waals surface area contributed by atoms with Gasteiger partial charge >= 0.3 is 6.09 Å². The minimum atomic E-state index is -0.482. The van der Waals surface area contributed by atoms with Gasteiger partial charge in [0.25, 0.3) is 0 Å². The fourth-order valence-corrected chi connectivity index (χ4v) is 2.01. The molecule has 0 saturated heterocycles.